The molecule has 8 heteroatoms. The number of hydrogen-bond donors (Lipinski definition) is 2. The second-order valence-corrected chi connectivity index (χ2v) is 5.67. The Hall–Kier alpha value is -1.47. The number of halogens is 1. The molecular formula is C12H16ClN5OS. The van der Waals surface area contributed by atoms with Crippen molar-refractivity contribution in [3.05, 3.63) is 27.2 Å². The monoisotopic (exact) mass is 313 g/mol. The summed E-state index contributed by atoms with van der Waals surface area (Å²) in [6, 6.07) is 0. The molecule has 1 amide bonds. The van der Waals surface area contributed by atoms with E-state index in [2.05, 4.69) is 25.5 Å². The Bertz CT molecular complexity index is 568. The zero-order chi connectivity index (χ0) is 14.4. The number of nitrogens with one attached hydrogen (secondary N) is 2. The minimum absolute atomic E-state index is 0.00726. The molecule has 0 aliphatic rings. The molecule has 2 heterocycles. The van der Waals surface area contributed by atoms with Gasteiger partial charge in [0.2, 0.25) is 11.2 Å². The fraction of sp³-hybridized carbons (Fsp3) is 0.500. The van der Waals surface area contributed by atoms with E-state index in [1.165, 1.54) is 0 Å². The van der Waals surface area contributed by atoms with Gasteiger partial charge < -0.3 is 5.32 Å². The van der Waals surface area contributed by atoms with Gasteiger partial charge in [0.25, 0.3) is 0 Å². The van der Waals surface area contributed by atoms with E-state index >= 15 is 0 Å². The molecular weight excluding hydrogens is 298 g/mol. The average molecular weight is 314 g/mol. The fourth-order valence-electron chi connectivity index (χ4n) is 1.69. The van der Waals surface area contributed by atoms with Gasteiger partial charge in [-0.15, -0.1) is 16.4 Å². The van der Waals surface area contributed by atoms with E-state index in [0.717, 1.165) is 23.5 Å². The van der Waals surface area contributed by atoms with E-state index in [1.54, 1.807) is 11.3 Å². The molecule has 0 atom stereocenters. The van der Waals surface area contributed by atoms with Gasteiger partial charge in [-0.25, -0.2) is 9.97 Å². The number of rotatable bonds is 7. The van der Waals surface area contributed by atoms with Gasteiger partial charge in [0.1, 0.15) is 5.82 Å². The Morgan fingerprint density at radius 1 is 1.45 bits per heavy atom. The Morgan fingerprint density at radius 2 is 2.30 bits per heavy atom. The molecule has 2 aromatic rings. The molecule has 0 saturated carbocycles. The van der Waals surface area contributed by atoms with E-state index in [4.69, 9.17) is 11.6 Å². The summed E-state index contributed by atoms with van der Waals surface area (Å²) >= 11 is 7.24. The highest BCUT2D eigenvalue weighted by atomic mass is 35.5. The first-order valence-electron chi connectivity index (χ1n) is 6.38. The predicted molar refractivity (Wildman–Crippen MR) is 77.9 cm³/mol. The Balaban J connectivity index is 1.58. The molecule has 0 saturated heterocycles. The molecule has 2 N–H and O–H groups in total. The standard InChI is InChI=1S/C12H16ClN5OS/c1-8-7-20-11(15-8)3-2-6-14-10(19)5-4-9-16-12(13)18-17-9/h7H,2-6H2,1H3,(H,14,19)(H,16,17,18). The van der Waals surface area contributed by atoms with Crippen molar-refractivity contribution in [2.45, 2.75) is 32.6 Å². The highest BCUT2D eigenvalue weighted by molar-refractivity contribution is 7.09. The maximum Gasteiger partial charge on any atom is 0.242 e. The maximum atomic E-state index is 11.6. The van der Waals surface area contributed by atoms with Gasteiger partial charge in [0.15, 0.2) is 0 Å². The highest BCUT2D eigenvalue weighted by Crippen LogP contribution is 2.10. The molecule has 0 spiro atoms. The average Bonchev–Trinajstić information content (AvgIpc) is 3.01. The number of nitrogens with zero attached hydrogens (tertiary/aromatic N) is 3. The molecule has 108 valence electrons. The lowest BCUT2D eigenvalue weighted by molar-refractivity contribution is -0.121. The lowest BCUT2D eigenvalue weighted by Gasteiger charge is -2.03. The van der Waals surface area contributed by atoms with Crippen molar-refractivity contribution < 1.29 is 4.79 Å². The topological polar surface area (TPSA) is 83.6 Å². The number of hydrogen-bond acceptors (Lipinski definition) is 5. The van der Waals surface area contributed by atoms with Crippen molar-refractivity contribution >= 4 is 28.8 Å². The lowest BCUT2D eigenvalue weighted by atomic mass is 10.2. The Morgan fingerprint density at radius 3 is 2.95 bits per heavy atom. The predicted octanol–water partition coefficient (Wildman–Crippen LogP) is 1.90. The minimum atomic E-state index is 0.00726. The van der Waals surface area contributed by atoms with Crippen LogP contribution in [0.3, 0.4) is 0 Å². The van der Waals surface area contributed by atoms with Crippen LogP contribution in [-0.4, -0.2) is 32.6 Å². The first kappa shape index (κ1) is 14.9. The second-order valence-electron chi connectivity index (χ2n) is 4.39. The van der Waals surface area contributed by atoms with Crippen LogP contribution in [-0.2, 0) is 17.6 Å². The molecule has 0 aliphatic carbocycles. The normalized spacial score (nSPS) is 10.7. The number of aryl methyl sites for hydroxylation is 3. The molecule has 2 rings (SSSR count). The third-order valence-electron chi connectivity index (χ3n) is 2.65. The van der Waals surface area contributed by atoms with Gasteiger partial charge >= 0.3 is 0 Å². The molecule has 0 aliphatic heterocycles. The minimum Gasteiger partial charge on any atom is -0.356 e. The second kappa shape index (κ2) is 7.35. The van der Waals surface area contributed by atoms with Crippen molar-refractivity contribution in [1.29, 1.82) is 0 Å². The summed E-state index contributed by atoms with van der Waals surface area (Å²) in [4.78, 5) is 19.9. The van der Waals surface area contributed by atoms with Crippen LogP contribution in [0.4, 0.5) is 0 Å². The molecule has 6 nitrogen and oxygen atoms in total. The number of carbonyl (C=O) groups excluding carboxylic acids is 1. The largest absolute Gasteiger partial charge is 0.356 e. The van der Waals surface area contributed by atoms with Crippen LogP contribution in [0.5, 0.6) is 0 Å². The molecule has 0 unspecified atom stereocenters. The van der Waals surface area contributed by atoms with Crippen LogP contribution < -0.4 is 5.32 Å². The van der Waals surface area contributed by atoms with E-state index in [-0.39, 0.29) is 11.2 Å². The van der Waals surface area contributed by atoms with E-state index in [9.17, 15) is 4.79 Å². The van der Waals surface area contributed by atoms with Gasteiger partial charge in [-0.2, -0.15) is 0 Å². The summed E-state index contributed by atoms with van der Waals surface area (Å²) in [6.07, 6.45) is 2.68. The smallest absolute Gasteiger partial charge is 0.242 e. The maximum absolute atomic E-state index is 11.6. The first-order valence-corrected chi connectivity index (χ1v) is 7.64. The van der Waals surface area contributed by atoms with Crippen LogP contribution >= 0.6 is 22.9 Å². The third-order valence-corrected chi connectivity index (χ3v) is 3.84. The van der Waals surface area contributed by atoms with E-state index < -0.39 is 0 Å². The van der Waals surface area contributed by atoms with Crippen LogP contribution in [0.1, 0.15) is 29.4 Å². The summed E-state index contributed by atoms with van der Waals surface area (Å²) in [7, 11) is 0. The van der Waals surface area contributed by atoms with Crippen molar-refractivity contribution in [2.75, 3.05) is 6.54 Å². The summed E-state index contributed by atoms with van der Waals surface area (Å²) in [5, 5.41) is 12.6. The van der Waals surface area contributed by atoms with Crippen LogP contribution in [0, 0.1) is 6.92 Å². The number of amides is 1. The number of aromatic amines is 1. The van der Waals surface area contributed by atoms with Gasteiger partial charge in [-0.1, -0.05) is 0 Å². The molecule has 2 aromatic heterocycles. The molecule has 0 radical (unpaired) electrons. The number of carbonyl (C=O) groups is 1. The van der Waals surface area contributed by atoms with Crippen LogP contribution in [0.2, 0.25) is 5.28 Å². The summed E-state index contributed by atoms with van der Waals surface area (Å²) in [5.41, 5.74) is 1.06. The van der Waals surface area contributed by atoms with Crippen molar-refractivity contribution in [1.82, 2.24) is 25.5 Å². The van der Waals surface area contributed by atoms with Crippen molar-refractivity contribution in [3.63, 3.8) is 0 Å². The zero-order valence-corrected chi connectivity index (χ0v) is 12.7. The van der Waals surface area contributed by atoms with Gasteiger partial charge in [0, 0.05) is 36.9 Å². The molecule has 0 bridgehead atoms. The number of H-pyrrole nitrogens is 1. The Kier molecular flexibility index (Phi) is 5.49. The van der Waals surface area contributed by atoms with Crippen molar-refractivity contribution in [3.8, 4) is 0 Å². The lowest BCUT2D eigenvalue weighted by Crippen LogP contribution is -2.25. The van der Waals surface area contributed by atoms with Gasteiger partial charge in [-0.3, -0.25) is 9.89 Å². The zero-order valence-electron chi connectivity index (χ0n) is 11.1. The highest BCUT2D eigenvalue weighted by Gasteiger charge is 2.05. The first-order chi connectivity index (χ1) is 9.63. The van der Waals surface area contributed by atoms with E-state index in [0.29, 0.717) is 25.2 Å². The van der Waals surface area contributed by atoms with Crippen LogP contribution in [0.15, 0.2) is 5.38 Å². The van der Waals surface area contributed by atoms with Gasteiger partial charge in [-0.05, 0) is 24.9 Å². The quantitative estimate of drug-likeness (QED) is 0.765. The van der Waals surface area contributed by atoms with E-state index in [1.807, 2.05) is 12.3 Å². The molecule has 0 fully saturated rings. The van der Waals surface area contributed by atoms with Gasteiger partial charge in [0.05, 0.1) is 5.01 Å². The summed E-state index contributed by atoms with van der Waals surface area (Å²) in [5.74, 6) is 0.635. The fourth-order valence-corrected chi connectivity index (χ4v) is 2.65. The summed E-state index contributed by atoms with van der Waals surface area (Å²) in [6.45, 7) is 2.64. The summed E-state index contributed by atoms with van der Waals surface area (Å²) < 4.78 is 0. The number of aromatic nitrogens is 4. The van der Waals surface area contributed by atoms with Crippen molar-refractivity contribution in [2.24, 2.45) is 0 Å². The SMILES string of the molecule is Cc1csc(CCCNC(=O)CCc2nc(Cl)n[nH]2)n1. The Labute approximate surface area is 126 Å². The number of thiazole rings is 1. The molecule has 0 aromatic carbocycles. The van der Waals surface area contributed by atoms with Crippen LogP contribution in [0.25, 0.3) is 0 Å². The third kappa shape index (κ3) is 4.90. The molecule has 20 heavy (non-hydrogen) atoms.